The lowest BCUT2D eigenvalue weighted by Gasteiger charge is -2.23. The fourth-order valence-electron chi connectivity index (χ4n) is 1.73. The second-order valence-corrected chi connectivity index (χ2v) is 7.08. The van der Waals surface area contributed by atoms with E-state index in [1.165, 1.54) is 0 Å². The molecule has 22 heavy (non-hydrogen) atoms. The molecule has 4 nitrogen and oxygen atoms in total. The number of aliphatic hydroxyl groups excluding tert-OH is 2. The van der Waals surface area contributed by atoms with Gasteiger partial charge in [-0.15, -0.1) is 6.58 Å². The summed E-state index contributed by atoms with van der Waals surface area (Å²) >= 11 is 0. The summed E-state index contributed by atoms with van der Waals surface area (Å²) in [5.41, 5.74) is -0.513. The van der Waals surface area contributed by atoms with E-state index in [9.17, 15) is 15.3 Å². The maximum atomic E-state index is 9.51. The Bertz CT molecular complexity index is 326. The van der Waals surface area contributed by atoms with E-state index in [-0.39, 0.29) is 12.5 Å². The Morgan fingerprint density at radius 3 is 2.05 bits per heavy atom. The fraction of sp³-hybridized carbons (Fsp3) is 0.778. The van der Waals surface area contributed by atoms with Crippen LogP contribution in [0.1, 0.15) is 60.8 Å². The van der Waals surface area contributed by atoms with Crippen LogP contribution < -0.4 is 0 Å². The van der Waals surface area contributed by atoms with E-state index in [4.69, 9.17) is 5.11 Å². The van der Waals surface area contributed by atoms with Crippen LogP contribution in [0.4, 0.5) is 0 Å². The molecule has 0 fully saturated rings. The molecular formula is C18H36O4. The molecule has 3 unspecified atom stereocenters. The maximum absolute atomic E-state index is 9.51. The summed E-state index contributed by atoms with van der Waals surface area (Å²) in [4.78, 5) is 0. The van der Waals surface area contributed by atoms with Gasteiger partial charge in [0.1, 0.15) is 0 Å². The predicted octanol–water partition coefficient (Wildman–Crippen LogP) is 2.81. The molecule has 0 aliphatic rings. The molecule has 0 amide bonds. The number of hydrogen-bond donors (Lipinski definition) is 4. The van der Waals surface area contributed by atoms with Crippen LogP contribution in [0.15, 0.2) is 24.3 Å². The molecule has 0 aromatic carbocycles. The molecule has 0 aromatic heterocycles. The van der Waals surface area contributed by atoms with Gasteiger partial charge < -0.3 is 20.4 Å². The van der Waals surface area contributed by atoms with Gasteiger partial charge in [0.25, 0.3) is 0 Å². The fourth-order valence-corrected chi connectivity index (χ4v) is 1.73. The second-order valence-electron chi connectivity index (χ2n) is 7.08. The monoisotopic (exact) mass is 316 g/mol. The first-order valence-corrected chi connectivity index (χ1v) is 7.90. The Labute approximate surface area is 136 Å². The first kappa shape index (κ1) is 23.6. The minimum absolute atomic E-state index is 0.163. The summed E-state index contributed by atoms with van der Waals surface area (Å²) in [6.45, 7) is 14.7. The lowest BCUT2D eigenvalue weighted by Crippen LogP contribution is -2.26. The van der Waals surface area contributed by atoms with Gasteiger partial charge in [0.15, 0.2) is 0 Å². The first-order valence-electron chi connectivity index (χ1n) is 7.90. The highest BCUT2D eigenvalue weighted by molar-refractivity contribution is 5.03. The summed E-state index contributed by atoms with van der Waals surface area (Å²) in [5, 5.41) is 36.8. The highest BCUT2D eigenvalue weighted by Gasteiger charge is 2.20. The van der Waals surface area contributed by atoms with Gasteiger partial charge in [0.05, 0.1) is 17.3 Å². The van der Waals surface area contributed by atoms with Gasteiger partial charge in [0, 0.05) is 6.61 Å². The summed E-state index contributed by atoms with van der Waals surface area (Å²) in [6.07, 6.45) is 4.62. The van der Waals surface area contributed by atoms with Gasteiger partial charge in [-0.25, -0.2) is 0 Å². The molecule has 4 heteroatoms. The molecule has 0 bridgehead atoms. The van der Waals surface area contributed by atoms with E-state index in [1.807, 2.05) is 20.8 Å². The molecule has 0 aliphatic carbocycles. The zero-order chi connectivity index (χ0) is 18.0. The van der Waals surface area contributed by atoms with Crippen LogP contribution >= 0.6 is 0 Å². The average Bonchev–Trinajstić information content (AvgIpc) is 2.35. The molecule has 4 N–H and O–H groups in total. The third kappa shape index (κ3) is 17.4. The van der Waals surface area contributed by atoms with Crippen molar-refractivity contribution in [3.63, 3.8) is 0 Å². The summed E-state index contributed by atoms with van der Waals surface area (Å²) in [6, 6.07) is 0. The minimum atomic E-state index is -0.851. The topological polar surface area (TPSA) is 80.9 Å². The van der Waals surface area contributed by atoms with E-state index in [2.05, 4.69) is 6.58 Å². The van der Waals surface area contributed by atoms with E-state index < -0.39 is 17.3 Å². The Hall–Kier alpha value is -0.680. The summed E-state index contributed by atoms with van der Waals surface area (Å²) in [5.74, 6) is 0.204. The van der Waals surface area contributed by atoms with Crippen molar-refractivity contribution in [3.05, 3.63) is 24.3 Å². The van der Waals surface area contributed by atoms with Gasteiger partial charge in [-0.2, -0.15) is 0 Å². The Balaban J connectivity index is 0. The molecular weight excluding hydrogens is 280 g/mol. The van der Waals surface area contributed by atoms with Crippen molar-refractivity contribution < 1.29 is 20.4 Å². The van der Waals surface area contributed by atoms with Crippen LogP contribution in [0.25, 0.3) is 0 Å². The van der Waals surface area contributed by atoms with Crippen molar-refractivity contribution in [2.24, 2.45) is 5.92 Å². The van der Waals surface area contributed by atoms with Crippen molar-refractivity contribution in [2.75, 3.05) is 6.61 Å². The van der Waals surface area contributed by atoms with Crippen LogP contribution in [0.5, 0.6) is 0 Å². The smallest absolute Gasteiger partial charge is 0.0772 e. The SMILES string of the molecule is C=C(C)CC(O)C=CC(C)(C)O.CCC(C)(O)CC(C)CO. The lowest BCUT2D eigenvalue weighted by molar-refractivity contribution is 0.0231. The van der Waals surface area contributed by atoms with Crippen LogP contribution in [-0.4, -0.2) is 44.3 Å². The second kappa shape index (κ2) is 10.9. The highest BCUT2D eigenvalue weighted by Crippen LogP contribution is 2.19. The van der Waals surface area contributed by atoms with Crippen LogP contribution in [-0.2, 0) is 0 Å². The van der Waals surface area contributed by atoms with E-state index in [0.717, 1.165) is 12.0 Å². The van der Waals surface area contributed by atoms with Crippen LogP contribution in [0.3, 0.4) is 0 Å². The van der Waals surface area contributed by atoms with Gasteiger partial charge in [-0.3, -0.25) is 0 Å². The average molecular weight is 316 g/mol. The molecule has 0 saturated heterocycles. The van der Waals surface area contributed by atoms with Crippen molar-refractivity contribution >= 4 is 0 Å². The molecule has 0 heterocycles. The predicted molar refractivity (Wildman–Crippen MR) is 92.7 cm³/mol. The first-order chi connectivity index (χ1) is 9.83. The van der Waals surface area contributed by atoms with Crippen molar-refractivity contribution in [1.29, 1.82) is 0 Å². The minimum Gasteiger partial charge on any atom is -0.396 e. The maximum Gasteiger partial charge on any atom is 0.0772 e. The third-order valence-corrected chi connectivity index (χ3v) is 3.15. The van der Waals surface area contributed by atoms with Gasteiger partial charge in [-0.05, 0) is 52.9 Å². The zero-order valence-electron chi connectivity index (χ0n) is 15.1. The number of hydrogen-bond acceptors (Lipinski definition) is 4. The van der Waals surface area contributed by atoms with Crippen LogP contribution in [0, 0.1) is 5.92 Å². The van der Waals surface area contributed by atoms with Crippen molar-refractivity contribution in [3.8, 4) is 0 Å². The van der Waals surface area contributed by atoms with Gasteiger partial charge >= 0.3 is 0 Å². The lowest BCUT2D eigenvalue weighted by atomic mass is 9.91. The number of aliphatic hydroxyl groups is 4. The van der Waals surface area contributed by atoms with Crippen molar-refractivity contribution in [2.45, 2.75) is 78.1 Å². The Kier molecular flexibility index (Phi) is 11.7. The summed E-state index contributed by atoms with van der Waals surface area (Å²) in [7, 11) is 0. The zero-order valence-corrected chi connectivity index (χ0v) is 15.1. The standard InChI is InChI=1S/C10H18O2.C8H18O2/c1-8(2)7-9(11)5-6-10(3,4)12;1-4-8(3,10)5-7(2)6-9/h5-6,9,11-12H,1,7H2,2-4H3;7,9-10H,4-6H2,1-3H3. The summed E-state index contributed by atoms with van der Waals surface area (Å²) < 4.78 is 0. The molecule has 0 rings (SSSR count). The molecule has 0 radical (unpaired) electrons. The van der Waals surface area contributed by atoms with Crippen LogP contribution in [0.2, 0.25) is 0 Å². The van der Waals surface area contributed by atoms with Gasteiger partial charge in [0.2, 0.25) is 0 Å². The van der Waals surface area contributed by atoms with Crippen molar-refractivity contribution in [1.82, 2.24) is 0 Å². The Morgan fingerprint density at radius 1 is 1.23 bits per heavy atom. The largest absolute Gasteiger partial charge is 0.396 e. The molecule has 0 spiro atoms. The molecule has 132 valence electrons. The molecule has 0 saturated carbocycles. The molecule has 0 aliphatic heterocycles. The molecule has 3 atom stereocenters. The highest BCUT2D eigenvalue weighted by atomic mass is 16.3. The quantitative estimate of drug-likeness (QED) is 0.519. The van der Waals surface area contributed by atoms with Gasteiger partial charge in [-0.1, -0.05) is 31.6 Å². The normalized spacial score (nSPS) is 17.4. The molecule has 0 aromatic rings. The Morgan fingerprint density at radius 2 is 1.73 bits per heavy atom. The van der Waals surface area contributed by atoms with E-state index in [1.54, 1.807) is 32.9 Å². The third-order valence-electron chi connectivity index (χ3n) is 3.15. The van der Waals surface area contributed by atoms with E-state index >= 15 is 0 Å². The number of rotatable bonds is 8. The van der Waals surface area contributed by atoms with E-state index in [0.29, 0.717) is 12.8 Å².